The highest BCUT2D eigenvalue weighted by Crippen LogP contribution is 2.40. The van der Waals surface area contributed by atoms with Gasteiger partial charge >= 0.3 is 0 Å². The Morgan fingerprint density at radius 2 is 2.00 bits per heavy atom. The van der Waals surface area contributed by atoms with Gasteiger partial charge in [0.15, 0.2) is 0 Å². The Balaban J connectivity index is 2.22. The summed E-state index contributed by atoms with van der Waals surface area (Å²) in [6, 6.07) is 11.2. The van der Waals surface area contributed by atoms with E-state index in [9.17, 15) is 4.79 Å². The first-order valence-electron chi connectivity index (χ1n) is 6.17. The quantitative estimate of drug-likeness (QED) is 0.696. The third-order valence-corrected chi connectivity index (χ3v) is 4.47. The summed E-state index contributed by atoms with van der Waals surface area (Å²) in [6.07, 6.45) is 0. The van der Waals surface area contributed by atoms with Gasteiger partial charge in [-0.15, -0.1) is 11.3 Å². The van der Waals surface area contributed by atoms with E-state index in [1.54, 1.807) is 12.1 Å². The van der Waals surface area contributed by atoms with Crippen LogP contribution in [0.25, 0.3) is 20.8 Å². The Morgan fingerprint density at radius 3 is 2.71 bits per heavy atom. The zero-order valence-electron chi connectivity index (χ0n) is 11.0. The van der Waals surface area contributed by atoms with Gasteiger partial charge in [0.1, 0.15) is 5.01 Å². The van der Waals surface area contributed by atoms with Crippen molar-refractivity contribution in [3.05, 3.63) is 46.4 Å². The summed E-state index contributed by atoms with van der Waals surface area (Å²) in [4.78, 5) is 16.0. The highest BCUT2D eigenvalue weighted by atomic mass is 35.5. The summed E-state index contributed by atoms with van der Waals surface area (Å²) in [5.74, 6) is -0.193. The number of nitrogens with one attached hydrogen (secondary N) is 1. The van der Waals surface area contributed by atoms with Crippen LogP contribution in [0.15, 0.2) is 36.4 Å². The van der Waals surface area contributed by atoms with Crippen LogP contribution in [0.4, 0.5) is 5.69 Å². The highest BCUT2D eigenvalue weighted by Gasteiger charge is 2.15. The molecule has 0 atom stereocenters. The number of anilines is 1. The van der Waals surface area contributed by atoms with Crippen LogP contribution in [0.3, 0.4) is 0 Å². The molecule has 3 rings (SSSR count). The van der Waals surface area contributed by atoms with E-state index < -0.39 is 0 Å². The molecule has 1 aromatic heterocycles. The van der Waals surface area contributed by atoms with E-state index in [2.05, 4.69) is 10.3 Å². The molecule has 0 aliphatic rings. The lowest BCUT2D eigenvalue weighted by Gasteiger charge is -2.10. The number of benzene rings is 2. The van der Waals surface area contributed by atoms with E-state index in [-0.39, 0.29) is 5.91 Å². The van der Waals surface area contributed by atoms with Gasteiger partial charge in [0, 0.05) is 17.5 Å². The summed E-state index contributed by atoms with van der Waals surface area (Å²) >= 11 is 13.8. The van der Waals surface area contributed by atoms with Gasteiger partial charge in [-0.2, -0.15) is 0 Å². The average molecular weight is 337 g/mol. The molecule has 0 unspecified atom stereocenters. The number of halogens is 2. The number of hydrogen-bond acceptors (Lipinski definition) is 3. The second-order valence-corrected chi connectivity index (χ2v) is 6.35. The monoisotopic (exact) mass is 336 g/mol. The lowest BCUT2D eigenvalue weighted by atomic mass is 10.2. The minimum absolute atomic E-state index is 0.193. The SMILES string of the molecule is CC(=O)Nc1c(Cl)cc(Cl)cc1-c1nc2ccccc2s1. The van der Waals surface area contributed by atoms with Gasteiger partial charge in [-0.1, -0.05) is 35.3 Å². The van der Waals surface area contributed by atoms with E-state index in [1.165, 1.54) is 18.3 Å². The number of thiazole rings is 1. The predicted molar refractivity (Wildman–Crippen MR) is 89.4 cm³/mol. The van der Waals surface area contributed by atoms with Crippen molar-refractivity contribution in [2.75, 3.05) is 5.32 Å². The lowest BCUT2D eigenvalue weighted by Crippen LogP contribution is -2.07. The van der Waals surface area contributed by atoms with Gasteiger partial charge < -0.3 is 5.32 Å². The minimum atomic E-state index is -0.193. The largest absolute Gasteiger partial charge is 0.324 e. The molecule has 0 saturated carbocycles. The number of nitrogens with zero attached hydrogens (tertiary/aromatic N) is 1. The Morgan fingerprint density at radius 1 is 1.24 bits per heavy atom. The van der Waals surface area contributed by atoms with Crippen molar-refractivity contribution in [2.45, 2.75) is 6.92 Å². The number of amides is 1. The first-order valence-corrected chi connectivity index (χ1v) is 7.74. The van der Waals surface area contributed by atoms with Crippen LogP contribution >= 0.6 is 34.5 Å². The molecule has 6 heteroatoms. The van der Waals surface area contributed by atoms with Crippen LogP contribution in [0, 0.1) is 0 Å². The van der Waals surface area contributed by atoms with Crippen molar-refractivity contribution < 1.29 is 4.79 Å². The minimum Gasteiger partial charge on any atom is -0.324 e. The molecule has 106 valence electrons. The van der Waals surface area contributed by atoms with Crippen LogP contribution in [0.1, 0.15) is 6.92 Å². The predicted octanol–water partition coefficient (Wildman–Crippen LogP) is 5.23. The maximum atomic E-state index is 11.4. The summed E-state index contributed by atoms with van der Waals surface area (Å²) < 4.78 is 1.07. The Labute approximate surface area is 135 Å². The van der Waals surface area contributed by atoms with Gasteiger partial charge in [0.25, 0.3) is 0 Å². The van der Waals surface area contributed by atoms with Gasteiger partial charge in [0.05, 0.1) is 20.9 Å². The molecule has 3 nitrogen and oxygen atoms in total. The molecular formula is C15H10Cl2N2OS. The van der Waals surface area contributed by atoms with Crippen molar-refractivity contribution in [1.82, 2.24) is 4.98 Å². The third kappa shape index (κ3) is 2.88. The van der Waals surface area contributed by atoms with Crippen molar-refractivity contribution in [1.29, 1.82) is 0 Å². The fourth-order valence-electron chi connectivity index (χ4n) is 2.03. The van der Waals surface area contributed by atoms with E-state index >= 15 is 0 Å². The van der Waals surface area contributed by atoms with Crippen LogP contribution in [0.5, 0.6) is 0 Å². The first kappa shape index (κ1) is 14.3. The molecule has 3 aromatic rings. The number of rotatable bonds is 2. The fourth-order valence-corrected chi connectivity index (χ4v) is 3.56. The second kappa shape index (κ2) is 5.64. The molecule has 0 fully saturated rings. The molecule has 0 aliphatic heterocycles. The lowest BCUT2D eigenvalue weighted by molar-refractivity contribution is -0.114. The molecule has 0 bridgehead atoms. The van der Waals surface area contributed by atoms with Crippen molar-refractivity contribution in [3.63, 3.8) is 0 Å². The number of aromatic nitrogens is 1. The second-order valence-electron chi connectivity index (χ2n) is 4.48. The number of carbonyl (C=O) groups excluding carboxylic acids is 1. The Hall–Kier alpha value is -1.62. The number of fused-ring (bicyclic) bond motifs is 1. The summed E-state index contributed by atoms with van der Waals surface area (Å²) in [7, 11) is 0. The molecule has 1 N–H and O–H groups in total. The molecule has 0 spiro atoms. The molecular weight excluding hydrogens is 327 g/mol. The maximum Gasteiger partial charge on any atom is 0.221 e. The third-order valence-electron chi connectivity index (χ3n) is 2.88. The van der Waals surface area contributed by atoms with Gasteiger partial charge in [-0.05, 0) is 24.3 Å². The molecule has 0 saturated heterocycles. The maximum absolute atomic E-state index is 11.4. The molecule has 1 amide bonds. The fraction of sp³-hybridized carbons (Fsp3) is 0.0667. The molecule has 21 heavy (non-hydrogen) atoms. The van der Waals surface area contributed by atoms with Gasteiger partial charge in [-0.25, -0.2) is 4.98 Å². The molecule has 1 heterocycles. The van der Waals surface area contributed by atoms with Gasteiger partial charge in [0.2, 0.25) is 5.91 Å². The van der Waals surface area contributed by atoms with Crippen LogP contribution in [-0.4, -0.2) is 10.9 Å². The van der Waals surface area contributed by atoms with E-state index in [4.69, 9.17) is 23.2 Å². The number of hydrogen-bond donors (Lipinski definition) is 1. The van der Waals surface area contributed by atoms with Crippen LogP contribution < -0.4 is 5.32 Å². The topological polar surface area (TPSA) is 42.0 Å². The molecule has 0 aliphatic carbocycles. The van der Waals surface area contributed by atoms with Gasteiger partial charge in [-0.3, -0.25) is 4.79 Å². The van der Waals surface area contributed by atoms with Crippen molar-refractivity contribution in [3.8, 4) is 10.6 Å². The van der Waals surface area contributed by atoms with Crippen molar-refractivity contribution in [2.24, 2.45) is 0 Å². The van der Waals surface area contributed by atoms with Crippen LogP contribution in [-0.2, 0) is 4.79 Å². The first-order chi connectivity index (χ1) is 10.0. The van der Waals surface area contributed by atoms with Crippen molar-refractivity contribution >= 4 is 56.3 Å². The van der Waals surface area contributed by atoms with E-state index in [0.717, 1.165) is 20.8 Å². The standard InChI is InChI=1S/C15H10Cl2N2OS/c1-8(20)18-14-10(6-9(16)7-11(14)17)15-19-12-4-2-3-5-13(12)21-15/h2-7H,1H3,(H,18,20). The summed E-state index contributed by atoms with van der Waals surface area (Å²) in [6.45, 7) is 1.44. The van der Waals surface area contributed by atoms with E-state index in [1.807, 2.05) is 24.3 Å². The normalized spacial score (nSPS) is 10.8. The number of para-hydroxylation sites is 1. The molecule has 2 aromatic carbocycles. The zero-order chi connectivity index (χ0) is 15.0. The van der Waals surface area contributed by atoms with E-state index in [0.29, 0.717) is 15.7 Å². The average Bonchev–Trinajstić information content (AvgIpc) is 2.84. The Bertz CT molecular complexity index is 812. The Kier molecular flexibility index (Phi) is 3.85. The molecule has 0 radical (unpaired) electrons. The highest BCUT2D eigenvalue weighted by molar-refractivity contribution is 7.21. The van der Waals surface area contributed by atoms with Crippen LogP contribution in [0.2, 0.25) is 10.0 Å². The summed E-state index contributed by atoms with van der Waals surface area (Å²) in [5, 5.41) is 4.42. The summed E-state index contributed by atoms with van der Waals surface area (Å²) in [5.41, 5.74) is 2.17. The smallest absolute Gasteiger partial charge is 0.221 e. The zero-order valence-corrected chi connectivity index (χ0v) is 13.3. The number of carbonyl (C=O) groups is 1.